The number of ketones is 1. The van der Waals surface area contributed by atoms with Gasteiger partial charge in [0.05, 0.1) is 18.2 Å². The fraction of sp³-hybridized carbons (Fsp3) is 0.290. The molecule has 1 fully saturated rings. The summed E-state index contributed by atoms with van der Waals surface area (Å²) < 4.78 is 5.80. The number of nitrogens with zero attached hydrogens (tertiary/aromatic N) is 1. The lowest BCUT2D eigenvalue weighted by atomic mass is 9.93. The van der Waals surface area contributed by atoms with Gasteiger partial charge in [-0.2, -0.15) is 0 Å². The van der Waals surface area contributed by atoms with Crippen LogP contribution in [0, 0.1) is 0 Å². The van der Waals surface area contributed by atoms with Crippen molar-refractivity contribution in [3.8, 4) is 5.75 Å². The number of rotatable bonds is 9. The monoisotopic (exact) mass is 483 g/mol. The van der Waals surface area contributed by atoms with Crippen LogP contribution in [0.25, 0.3) is 5.76 Å². The van der Waals surface area contributed by atoms with Crippen LogP contribution >= 0.6 is 0 Å². The molecule has 1 unspecified atom stereocenters. The van der Waals surface area contributed by atoms with Gasteiger partial charge in [0.15, 0.2) is 0 Å². The Kier molecular flexibility index (Phi) is 7.89. The van der Waals surface area contributed by atoms with Gasteiger partial charge in [0, 0.05) is 12.1 Å². The van der Waals surface area contributed by atoms with Crippen molar-refractivity contribution in [3.63, 3.8) is 0 Å². The number of ether oxygens (including phenoxy) is 1. The molecule has 36 heavy (non-hydrogen) atoms. The standard InChI is InChI=1S/C31H33NO4/c1-4-5-18-36-26-13-9-12-25(19-26)29(33)27-28(24-16-14-23(15-17-24)21(2)3)32(31(35)30(27)34)20-22-10-7-6-8-11-22/h6-17,19,21,28,33H,4-5,18,20H2,1-3H3/b29-27+. The molecule has 4 rings (SSSR count). The summed E-state index contributed by atoms with van der Waals surface area (Å²) in [5.41, 5.74) is 3.40. The zero-order valence-corrected chi connectivity index (χ0v) is 21.1. The molecule has 3 aromatic rings. The molecule has 0 bridgehead atoms. The second kappa shape index (κ2) is 11.3. The van der Waals surface area contributed by atoms with Crippen molar-refractivity contribution >= 4 is 17.4 Å². The van der Waals surface area contributed by atoms with Gasteiger partial charge in [0.25, 0.3) is 11.7 Å². The van der Waals surface area contributed by atoms with Crippen LogP contribution in [0.3, 0.4) is 0 Å². The van der Waals surface area contributed by atoms with Crippen molar-refractivity contribution in [1.29, 1.82) is 0 Å². The van der Waals surface area contributed by atoms with Crippen LogP contribution in [-0.2, 0) is 16.1 Å². The summed E-state index contributed by atoms with van der Waals surface area (Å²) in [5.74, 6) is -0.524. The summed E-state index contributed by atoms with van der Waals surface area (Å²) in [6, 6.07) is 23.9. The molecule has 5 heteroatoms. The number of hydrogen-bond acceptors (Lipinski definition) is 4. The van der Waals surface area contributed by atoms with Crippen LogP contribution in [0.4, 0.5) is 0 Å². The van der Waals surface area contributed by atoms with Crippen molar-refractivity contribution in [3.05, 3.63) is 107 Å². The molecule has 0 aliphatic carbocycles. The normalized spacial score (nSPS) is 17.1. The lowest BCUT2D eigenvalue weighted by Gasteiger charge is -2.26. The van der Waals surface area contributed by atoms with Gasteiger partial charge in [0.1, 0.15) is 11.5 Å². The lowest BCUT2D eigenvalue weighted by molar-refractivity contribution is -0.140. The van der Waals surface area contributed by atoms with Crippen molar-refractivity contribution in [2.24, 2.45) is 0 Å². The molecule has 1 N–H and O–H groups in total. The summed E-state index contributed by atoms with van der Waals surface area (Å²) in [6.07, 6.45) is 1.94. The van der Waals surface area contributed by atoms with E-state index < -0.39 is 17.7 Å². The first-order chi connectivity index (χ1) is 17.4. The van der Waals surface area contributed by atoms with Crippen LogP contribution < -0.4 is 4.74 Å². The van der Waals surface area contributed by atoms with E-state index in [1.54, 1.807) is 23.1 Å². The van der Waals surface area contributed by atoms with Gasteiger partial charge in [-0.05, 0) is 41.2 Å². The van der Waals surface area contributed by atoms with E-state index in [4.69, 9.17) is 4.74 Å². The molecule has 1 atom stereocenters. The van der Waals surface area contributed by atoms with Crippen molar-refractivity contribution in [2.45, 2.75) is 52.1 Å². The molecule has 1 saturated heterocycles. The van der Waals surface area contributed by atoms with Gasteiger partial charge in [0.2, 0.25) is 0 Å². The molecular formula is C31H33NO4. The quantitative estimate of drug-likeness (QED) is 0.161. The van der Waals surface area contributed by atoms with Crippen LogP contribution in [0.2, 0.25) is 0 Å². The number of Topliss-reactive ketones (excluding diaryl/α,β-unsaturated/α-hetero) is 1. The third kappa shape index (κ3) is 5.35. The highest BCUT2D eigenvalue weighted by molar-refractivity contribution is 6.46. The van der Waals surface area contributed by atoms with E-state index in [9.17, 15) is 14.7 Å². The average Bonchev–Trinajstić information content (AvgIpc) is 3.14. The summed E-state index contributed by atoms with van der Waals surface area (Å²) >= 11 is 0. The summed E-state index contributed by atoms with van der Waals surface area (Å²) in [6.45, 7) is 7.16. The molecule has 3 aromatic carbocycles. The first kappa shape index (κ1) is 25.2. The van der Waals surface area contributed by atoms with E-state index in [1.807, 2.05) is 60.7 Å². The van der Waals surface area contributed by atoms with Gasteiger partial charge in [-0.15, -0.1) is 0 Å². The van der Waals surface area contributed by atoms with Crippen LogP contribution in [0.1, 0.15) is 67.8 Å². The number of amides is 1. The molecule has 5 nitrogen and oxygen atoms in total. The maximum absolute atomic E-state index is 13.3. The van der Waals surface area contributed by atoms with Gasteiger partial charge >= 0.3 is 0 Å². The molecule has 1 aliphatic rings. The molecule has 0 saturated carbocycles. The number of benzene rings is 3. The number of carbonyl (C=O) groups is 2. The van der Waals surface area contributed by atoms with Crippen molar-refractivity contribution in [1.82, 2.24) is 4.90 Å². The third-order valence-electron chi connectivity index (χ3n) is 6.53. The maximum Gasteiger partial charge on any atom is 0.295 e. The predicted octanol–water partition coefficient (Wildman–Crippen LogP) is 6.61. The zero-order chi connectivity index (χ0) is 25.7. The zero-order valence-electron chi connectivity index (χ0n) is 21.1. The van der Waals surface area contributed by atoms with Gasteiger partial charge in [-0.1, -0.05) is 93.9 Å². The second-order valence-electron chi connectivity index (χ2n) is 9.46. The summed E-state index contributed by atoms with van der Waals surface area (Å²) in [7, 11) is 0. The summed E-state index contributed by atoms with van der Waals surface area (Å²) in [4.78, 5) is 28.1. The molecule has 186 valence electrons. The van der Waals surface area contributed by atoms with Crippen molar-refractivity contribution < 1.29 is 19.4 Å². The fourth-order valence-corrected chi connectivity index (χ4v) is 4.46. The van der Waals surface area contributed by atoms with Crippen LogP contribution in [-0.4, -0.2) is 28.3 Å². The molecule has 0 spiro atoms. The third-order valence-corrected chi connectivity index (χ3v) is 6.53. The van der Waals surface area contributed by atoms with E-state index >= 15 is 0 Å². The number of aliphatic hydroxyl groups is 1. The topological polar surface area (TPSA) is 66.8 Å². The minimum absolute atomic E-state index is 0.0962. The highest BCUT2D eigenvalue weighted by atomic mass is 16.5. The number of aliphatic hydroxyl groups excluding tert-OH is 1. The molecule has 1 amide bonds. The molecule has 0 aromatic heterocycles. The Morgan fingerprint density at radius 3 is 2.36 bits per heavy atom. The fourth-order valence-electron chi connectivity index (χ4n) is 4.46. The van der Waals surface area contributed by atoms with Crippen LogP contribution in [0.5, 0.6) is 5.75 Å². The first-order valence-electron chi connectivity index (χ1n) is 12.6. The number of unbranched alkanes of at least 4 members (excludes halogenated alkanes) is 1. The molecule has 0 radical (unpaired) electrons. The Morgan fingerprint density at radius 2 is 1.69 bits per heavy atom. The second-order valence-corrected chi connectivity index (χ2v) is 9.46. The highest BCUT2D eigenvalue weighted by Gasteiger charge is 2.46. The SMILES string of the molecule is CCCCOc1cccc(/C(O)=C2\C(=O)C(=O)N(Cc3ccccc3)C2c2ccc(C(C)C)cc2)c1. The van der Waals surface area contributed by atoms with E-state index in [1.165, 1.54) is 0 Å². The lowest BCUT2D eigenvalue weighted by Crippen LogP contribution is -2.29. The van der Waals surface area contributed by atoms with E-state index in [2.05, 4.69) is 20.8 Å². The Morgan fingerprint density at radius 1 is 0.972 bits per heavy atom. The highest BCUT2D eigenvalue weighted by Crippen LogP contribution is 2.41. The molecule has 1 aliphatic heterocycles. The number of carbonyl (C=O) groups excluding carboxylic acids is 2. The first-order valence-corrected chi connectivity index (χ1v) is 12.6. The largest absolute Gasteiger partial charge is 0.507 e. The Hall–Kier alpha value is -3.86. The van der Waals surface area contributed by atoms with E-state index in [0.29, 0.717) is 23.8 Å². The van der Waals surface area contributed by atoms with Crippen LogP contribution in [0.15, 0.2) is 84.4 Å². The smallest absolute Gasteiger partial charge is 0.295 e. The molecular weight excluding hydrogens is 450 g/mol. The number of hydrogen-bond donors (Lipinski definition) is 1. The van der Waals surface area contributed by atoms with E-state index in [-0.39, 0.29) is 17.9 Å². The Labute approximate surface area is 213 Å². The van der Waals surface area contributed by atoms with Crippen molar-refractivity contribution in [2.75, 3.05) is 6.61 Å². The maximum atomic E-state index is 13.3. The molecule has 1 heterocycles. The minimum atomic E-state index is -0.698. The predicted molar refractivity (Wildman–Crippen MR) is 142 cm³/mol. The summed E-state index contributed by atoms with van der Waals surface area (Å²) in [5, 5.41) is 11.4. The Bertz CT molecular complexity index is 1250. The number of likely N-dealkylation sites (tertiary alicyclic amines) is 1. The van der Waals surface area contributed by atoms with E-state index in [0.717, 1.165) is 29.5 Å². The van der Waals surface area contributed by atoms with Gasteiger partial charge in [-0.25, -0.2) is 0 Å². The van der Waals surface area contributed by atoms with Gasteiger partial charge < -0.3 is 14.7 Å². The minimum Gasteiger partial charge on any atom is -0.507 e. The van der Waals surface area contributed by atoms with Gasteiger partial charge in [-0.3, -0.25) is 9.59 Å². The average molecular weight is 484 g/mol. The Balaban J connectivity index is 1.79.